The van der Waals surface area contributed by atoms with E-state index in [0.717, 1.165) is 64.2 Å². The molecular weight excluding hydrogens is 976 g/mol. The highest BCUT2D eigenvalue weighted by atomic mass is 31.2. The van der Waals surface area contributed by atoms with Gasteiger partial charge in [0.05, 0.1) is 33.8 Å². The van der Waals surface area contributed by atoms with Crippen molar-refractivity contribution in [3.8, 4) is 0 Å². The van der Waals surface area contributed by atoms with E-state index in [1.807, 2.05) is 33.3 Å². The standard InChI is InChI=1S/C67H131N2O7P/c1-7-10-13-16-19-22-25-27-29-31-32-33-34-35-36-38-39-41-44-47-50-53-56-59-66(70)68-64(63-75-77(72,73)74-62-61-69(4,5)6)65(58-55-52-49-46-43-24-21-18-15-12-9-3)76-67(71)60-57-54-51-48-45-42-40-37-30-28-26-23-20-17-14-11-8-2/h28,30,55,58,64-65H,7-27,29,31-54,56-57,59-63H2,1-6H3,(H-,68,70,72,73)/b30-28+,58-55+. The molecule has 0 saturated carbocycles. The average molecular weight is 1110 g/mol. The number of phosphoric ester groups is 1. The molecule has 77 heavy (non-hydrogen) atoms. The first-order valence-corrected chi connectivity index (χ1v) is 35.1. The third-order valence-corrected chi connectivity index (χ3v) is 16.3. The lowest BCUT2D eigenvalue weighted by Gasteiger charge is -2.30. The number of esters is 1. The van der Waals surface area contributed by atoms with Crippen molar-refractivity contribution in [1.82, 2.24) is 5.32 Å². The molecule has 0 aromatic carbocycles. The Morgan fingerprint density at radius 2 is 0.753 bits per heavy atom. The number of rotatable bonds is 62. The highest BCUT2D eigenvalue weighted by Gasteiger charge is 2.27. The van der Waals surface area contributed by atoms with Gasteiger partial charge in [0, 0.05) is 12.8 Å². The molecule has 0 radical (unpaired) electrons. The van der Waals surface area contributed by atoms with E-state index < -0.39 is 20.0 Å². The Morgan fingerprint density at radius 3 is 1.10 bits per heavy atom. The second-order valence-corrected chi connectivity index (χ2v) is 25.7. The minimum absolute atomic E-state index is 0.0192. The maximum atomic E-state index is 13.6. The SMILES string of the molecule is CCCCCCCC/C=C/CCCCCCCCCC(=O)OC(/C=C/CCCCCCCCCCC)C(COP(=O)([O-])OCC[N+](C)(C)C)NC(=O)CCCCCCCCCCCCCCCCCCCCCCCCC. The van der Waals surface area contributed by atoms with Crippen LogP contribution in [0.25, 0.3) is 0 Å². The first-order chi connectivity index (χ1) is 37.4. The summed E-state index contributed by atoms with van der Waals surface area (Å²) in [6, 6.07) is -0.884. The number of hydrogen-bond acceptors (Lipinski definition) is 7. The van der Waals surface area contributed by atoms with Crippen LogP contribution in [0.4, 0.5) is 0 Å². The van der Waals surface area contributed by atoms with Crippen LogP contribution in [0.3, 0.4) is 0 Å². The van der Waals surface area contributed by atoms with E-state index in [2.05, 4.69) is 38.2 Å². The number of hydrogen-bond donors (Lipinski definition) is 1. The number of allylic oxidation sites excluding steroid dienone is 3. The zero-order valence-electron chi connectivity index (χ0n) is 52.2. The molecule has 3 atom stereocenters. The van der Waals surface area contributed by atoms with Gasteiger partial charge in [-0.1, -0.05) is 296 Å². The molecule has 10 heteroatoms. The number of ether oxygens (including phenoxy) is 1. The molecule has 0 rings (SSSR count). The summed E-state index contributed by atoms with van der Waals surface area (Å²) in [6.07, 6.45) is 68.7. The molecular formula is C67H131N2O7P. The normalized spacial score (nSPS) is 13.7. The lowest BCUT2D eigenvalue weighted by molar-refractivity contribution is -0.870. The number of amides is 1. The molecule has 0 fully saturated rings. The molecule has 9 nitrogen and oxygen atoms in total. The summed E-state index contributed by atoms with van der Waals surface area (Å²) in [6.45, 7) is 6.89. The Bertz CT molecular complexity index is 1370. The average Bonchev–Trinajstić information content (AvgIpc) is 3.39. The molecule has 0 bridgehead atoms. The van der Waals surface area contributed by atoms with Gasteiger partial charge in [0.15, 0.2) is 0 Å². The maximum Gasteiger partial charge on any atom is 0.306 e. The van der Waals surface area contributed by atoms with Gasteiger partial charge in [-0.3, -0.25) is 14.2 Å². The monoisotopic (exact) mass is 1110 g/mol. The number of carbonyl (C=O) groups is 2. The van der Waals surface area contributed by atoms with Gasteiger partial charge in [0.2, 0.25) is 5.91 Å². The topological polar surface area (TPSA) is 114 Å². The fraction of sp³-hybridized carbons (Fsp3) is 0.910. The van der Waals surface area contributed by atoms with Gasteiger partial charge < -0.3 is 28.5 Å². The number of phosphoric acid groups is 1. The lowest BCUT2D eigenvalue weighted by atomic mass is 10.0. The summed E-state index contributed by atoms with van der Waals surface area (Å²) in [5.41, 5.74) is 0. The molecule has 0 heterocycles. The van der Waals surface area contributed by atoms with E-state index in [1.54, 1.807) is 0 Å². The van der Waals surface area contributed by atoms with Crippen LogP contribution >= 0.6 is 7.82 Å². The van der Waals surface area contributed by atoms with Crippen LogP contribution in [-0.4, -0.2) is 69.4 Å². The zero-order chi connectivity index (χ0) is 56.4. The number of nitrogens with one attached hydrogen (secondary N) is 1. The molecule has 1 N–H and O–H groups in total. The first kappa shape index (κ1) is 75.5. The van der Waals surface area contributed by atoms with Crippen LogP contribution in [0.5, 0.6) is 0 Å². The van der Waals surface area contributed by atoms with Crippen molar-refractivity contribution in [3.63, 3.8) is 0 Å². The number of quaternary nitrogens is 1. The zero-order valence-corrected chi connectivity index (χ0v) is 53.1. The fourth-order valence-electron chi connectivity index (χ4n) is 10.2. The predicted molar refractivity (Wildman–Crippen MR) is 330 cm³/mol. The highest BCUT2D eigenvalue weighted by Crippen LogP contribution is 2.38. The van der Waals surface area contributed by atoms with Crippen molar-refractivity contribution in [3.05, 3.63) is 24.3 Å². The Kier molecular flexibility index (Phi) is 56.6. The van der Waals surface area contributed by atoms with Gasteiger partial charge >= 0.3 is 5.97 Å². The summed E-state index contributed by atoms with van der Waals surface area (Å²) in [4.78, 5) is 40.0. The summed E-state index contributed by atoms with van der Waals surface area (Å²) in [7, 11) is 1.20. The quantitative estimate of drug-likeness (QED) is 0.0212. The number of carbonyl (C=O) groups excluding carboxylic acids is 2. The van der Waals surface area contributed by atoms with Gasteiger partial charge in [-0.15, -0.1) is 0 Å². The molecule has 0 aromatic heterocycles. The van der Waals surface area contributed by atoms with Crippen molar-refractivity contribution in [1.29, 1.82) is 0 Å². The second-order valence-electron chi connectivity index (χ2n) is 24.3. The third kappa shape index (κ3) is 58.9. The Labute approximate surface area is 479 Å². The van der Waals surface area contributed by atoms with Crippen molar-refractivity contribution < 1.29 is 37.3 Å². The van der Waals surface area contributed by atoms with Gasteiger partial charge in [0.25, 0.3) is 7.82 Å². The van der Waals surface area contributed by atoms with Crippen molar-refractivity contribution >= 4 is 19.7 Å². The summed E-state index contributed by atoms with van der Waals surface area (Å²) in [5.74, 6) is -0.527. The van der Waals surface area contributed by atoms with Crippen LogP contribution in [0.15, 0.2) is 24.3 Å². The third-order valence-electron chi connectivity index (χ3n) is 15.4. The number of unbranched alkanes of at least 4 members (excludes halogenated alkanes) is 44. The van der Waals surface area contributed by atoms with Crippen molar-refractivity contribution in [2.75, 3.05) is 40.9 Å². The van der Waals surface area contributed by atoms with Gasteiger partial charge in [-0.25, -0.2) is 0 Å². The van der Waals surface area contributed by atoms with Crippen LogP contribution in [0.2, 0.25) is 0 Å². The maximum absolute atomic E-state index is 13.6. The second kappa shape index (κ2) is 57.7. The van der Waals surface area contributed by atoms with Crippen LogP contribution < -0.4 is 10.2 Å². The highest BCUT2D eigenvalue weighted by molar-refractivity contribution is 7.45. The summed E-state index contributed by atoms with van der Waals surface area (Å²) < 4.78 is 30.4. The molecule has 3 unspecified atom stereocenters. The molecule has 0 aliphatic heterocycles. The smallest absolute Gasteiger partial charge is 0.306 e. The Balaban J connectivity index is 5.05. The van der Waals surface area contributed by atoms with E-state index in [-0.39, 0.29) is 31.5 Å². The fourth-order valence-corrected chi connectivity index (χ4v) is 10.9. The molecule has 1 amide bonds. The predicted octanol–water partition coefficient (Wildman–Crippen LogP) is 20.3. The Hall–Kier alpha value is -1.51. The van der Waals surface area contributed by atoms with Gasteiger partial charge in [-0.2, -0.15) is 0 Å². The van der Waals surface area contributed by atoms with E-state index in [9.17, 15) is 19.0 Å². The minimum Gasteiger partial charge on any atom is -0.756 e. The minimum atomic E-state index is -4.69. The molecule has 0 aromatic rings. The largest absolute Gasteiger partial charge is 0.756 e. The van der Waals surface area contributed by atoms with Crippen LogP contribution in [0, 0.1) is 0 Å². The summed E-state index contributed by atoms with van der Waals surface area (Å²) >= 11 is 0. The van der Waals surface area contributed by atoms with E-state index in [4.69, 9.17) is 13.8 Å². The van der Waals surface area contributed by atoms with Gasteiger partial charge in [-0.05, 0) is 57.4 Å². The Morgan fingerprint density at radius 1 is 0.442 bits per heavy atom. The number of nitrogens with zero attached hydrogens (tertiary/aromatic N) is 1. The molecule has 0 saturated heterocycles. The van der Waals surface area contributed by atoms with Crippen molar-refractivity contribution in [2.45, 2.75) is 354 Å². The van der Waals surface area contributed by atoms with E-state index >= 15 is 0 Å². The number of likely N-dealkylation sites (N-methyl/N-ethyl adjacent to an activating group) is 1. The van der Waals surface area contributed by atoms with Crippen molar-refractivity contribution in [2.24, 2.45) is 0 Å². The van der Waals surface area contributed by atoms with Crippen LogP contribution in [0.1, 0.15) is 342 Å². The first-order valence-electron chi connectivity index (χ1n) is 33.6. The van der Waals surface area contributed by atoms with E-state index in [1.165, 1.54) is 244 Å². The molecule has 0 spiro atoms. The molecule has 0 aliphatic carbocycles. The molecule has 456 valence electrons. The van der Waals surface area contributed by atoms with Crippen LogP contribution in [-0.2, 0) is 27.9 Å². The van der Waals surface area contributed by atoms with E-state index in [0.29, 0.717) is 17.4 Å². The summed E-state index contributed by atoms with van der Waals surface area (Å²) in [5, 5.41) is 3.04. The lowest BCUT2D eigenvalue weighted by Crippen LogP contribution is -2.47. The molecule has 0 aliphatic rings. The van der Waals surface area contributed by atoms with Gasteiger partial charge in [0.1, 0.15) is 19.3 Å².